The maximum absolute atomic E-state index is 13.7. The molecule has 0 saturated carbocycles. The number of likely N-dealkylation sites (tertiary alicyclic amines) is 2. The Balaban J connectivity index is 1.11. The van der Waals surface area contributed by atoms with E-state index in [4.69, 9.17) is 27.3 Å². The van der Waals surface area contributed by atoms with E-state index in [1.54, 1.807) is 7.11 Å². The Hall–Kier alpha value is -3.93. The van der Waals surface area contributed by atoms with Crippen LogP contribution in [0.15, 0.2) is 60.8 Å². The van der Waals surface area contributed by atoms with Gasteiger partial charge >= 0.3 is 0 Å². The predicted molar refractivity (Wildman–Crippen MR) is 211 cm³/mol. The lowest BCUT2D eigenvalue weighted by Gasteiger charge is -2.39. The summed E-state index contributed by atoms with van der Waals surface area (Å²) >= 11 is 5.11. The molecule has 11 heteroatoms. The van der Waals surface area contributed by atoms with Crippen LogP contribution < -0.4 is 0 Å². The van der Waals surface area contributed by atoms with Gasteiger partial charge in [-0.3, -0.25) is 9.59 Å². The standard InChI is InChI=1S/C41H49N6O3SSi/c1-24(2)40(6,52)38(49)47-19-9-17-41(47,51)37-44-31-16-15-29(22-32(31)45-37)27-11-12-28-21-30(14-13-26(28)20-27)33-23-42-35(43-33)34-10-8-18-46(34)36(48)25(3)39(4,5)50-7/h11-16,20-25,34,51H,8-10,17-19H2,1-7H3,(H,42,43)(H,44,45). The quantitative estimate of drug-likeness (QED) is 0.105. The average Bonchev–Trinajstić information content (AvgIpc) is 3.96. The molecule has 2 N–H and O–H groups in total. The molecule has 9 nitrogen and oxygen atoms in total. The minimum absolute atomic E-state index is 0.0321. The zero-order valence-electron chi connectivity index (χ0n) is 31.2. The molecule has 0 bridgehead atoms. The van der Waals surface area contributed by atoms with Gasteiger partial charge in [0.15, 0.2) is 0 Å². The minimum atomic E-state index is -0.803. The van der Waals surface area contributed by atoms with Crippen LogP contribution in [0.3, 0.4) is 0 Å². The lowest BCUT2D eigenvalue weighted by atomic mass is 9.91. The molecule has 3 radical (unpaired) electrons. The van der Waals surface area contributed by atoms with Crippen molar-refractivity contribution < 1.29 is 14.3 Å². The van der Waals surface area contributed by atoms with Crippen LogP contribution in [0.2, 0.25) is 5.04 Å². The van der Waals surface area contributed by atoms with Crippen molar-refractivity contribution in [1.29, 1.82) is 0 Å². The number of hydrogen-bond acceptors (Lipinski definition) is 6. The molecule has 4 atom stereocenters. The number of fused-ring (bicyclic) bond motifs is 2. The van der Waals surface area contributed by atoms with Crippen LogP contribution in [-0.2, 0) is 19.2 Å². The highest BCUT2D eigenvalue weighted by atomic mass is 32.1. The summed E-state index contributed by atoms with van der Waals surface area (Å²) in [7, 11) is 5.42. The molecular weight excluding hydrogens is 685 g/mol. The van der Waals surface area contributed by atoms with Gasteiger partial charge < -0.3 is 24.5 Å². The van der Waals surface area contributed by atoms with Gasteiger partial charge in [0.05, 0.1) is 40.5 Å². The summed E-state index contributed by atoms with van der Waals surface area (Å²) in [4.78, 5) is 46.9. The van der Waals surface area contributed by atoms with Crippen LogP contribution in [0.25, 0.3) is 44.2 Å². The van der Waals surface area contributed by atoms with Gasteiger partial charge in [-0.05, 0) is 91.6 Å². The summed E-state index contributed by atoms with van der Waals surface area (Å²) in [5.41, 5.74) is 5.37. The highest BCUT2D eigenvalue weighted by molar-refractivity contribution is 7.81. The number of benzene rings is 3. The number of nitrogens with zero attached hydrogens (tertiary/aromatic N) is 4. The number of imidazole rings is 2. The zero-order valence-corrected chi connectivity index (χ0v) is 33.1. The molecule has 52 heavy (non-hydrogen) atoms. The third-order valence-corrected chi connectivity index (χ3v) is 13.4. The summed E-state index contributed by atoms with van der Waals surface area (Å²) in [6.45, 7) is 13.3. The molecule has 2 aliphatic heterocycles. The van der Waals surface area contributed by atoms with E-state index < -0.39 is 15.5 Å². The normalized spacial score (nSPS) is 21.4. The number of H-pyrrole nitrogens is 2. The van der Waals surface area contributed by atoms with Gasteiger partial charge in [-0.25, -0.2) is 9.97 Å². The largest absolute Gasteiger partial charge is 0.378 e. The van der Waals surface area contributed by atoms with Crippen molar-refractivity contribution in [2.45, 2.75) is 88.8 Å². The van der Waals surface area contributed by atoms with Crippen LogP contribution in [0.1, 0.15) is 84.9 Å². The molecule has 5 aromatic rings. The lowest BCUT2D eigenvalue weighted by molar-refractivity contribution is -0.145. The first kappa shape index (κ1) is 36.4. The number of aromatic amines is 2. The molecule has 2 aromatic heterocycles. The highest BCUT2D eigenvalue weighted by Crippen LogP contribution is 2.46. The monoisotopic (exact) mass is 733 g/mol. The predicted octanol–water partition coefficient (Wildman–Crippen LogP) is 8.21. The fraction of sp³-hybridized carbons (Fsp3) is 0.463. The first-order valence-electron chi connectivity index (χ1n) is 18.4. The van der Waals surface area contributed by atoms with Gasteiger partial charge in [0, 0.05) is 41.0 Å². The summed E-state index contributed by atoms with van der Waals surface area (Å²) in [5, 5.41) is 1.57. The van der Waals surface area contributed by atoms with Crippen LogP contribution in [0, 0.1) is 11.8 Å². The van der Waals surface area contributed by atoms with Crippen molar-refractivity contribution >= 4 is 56.5 Å². The maximum Gasteiger partial charge on any atom is 0.228 e. The molecule has 2 saturated heterocycles. The molecular formula is C41H49N6O3SSi. The molecule has 0 aliphatic carbocycles. The van der Waals surface area contributed by atoms with Gasteiger partial charge in [-0.15, -0.1) is 12.6 Å². The Bertz CT molecular complexity index is 2160. The van der Waals surface area contributed by atoms with Crippen molar-refractivity contribution in [1.82, 2.24) is 29.7 Å². The smallest absolute Gasteiger partial charge is 0.228 e. The minimum Gasteiger partial charge on any atom is -0.378 e. The molecule has 2 aliphatic rings. The number of aromatic nitrogens is 4. The van der Waals surface area contributed by atoms with Gasteiger partial charge in [-0.2, -0.15) is 0 Å². The second-order valence-corrected chi connectivity index (χ2v) is 17.5. The third kappa shape index (κ3) is 6.28. The van der Waals surface area contributed by atoms with Crippen LogP contribution in [-0.4, -0.2) is 77.6 Å². The van der Waals surface area contributed by atoms with E-state index in [0.717, 1.165) is 82.2 Å². The topological polar surface area (TPSA) is 107 Å². The fourth-order valence-corrected chi connectivity index (χ4v) is 8.10. The molecule has 3 aromatic carbocycles. The summed E-state index contributed by atoms with van der Waals surface area (Å²) in [5.74, 6) is 1.51. The number of carbonyl (C=O) groups excluding carboxylic acids is 2. The van der Waals surface area contributed by atoms with Crippen molar-refractivity contribution in [3.63, 3.8) is 0 Å². The molecule has 2 fully saturated rings. The van der Waals surface area contributed by atoms with Crippen LogP contribution in [0.4, 0.5) is 0 Å². The lowest BCUT2D eigenvalue weighted by Crippen LogP contribution is -2.47. The number of hydrogen-bond donors (Lipinski definition) is 3. The van der Waals surface area contributed by atoms with Crippen LogP contribution in [0.5, 0.6) is 0 Å². The maximum atomic E-state index is 13.7. The molecule has 2 amide bonds. The third-order valence-electron chi connectivity index (χ3n) is 11.9. The van der Waals surface area contributed by atoms with Gasteiger partial charge in [0.1, 0.15) is 16.5 Å². The number of ether oxygens (including phenoxy) is 1. The van der Waals surface area contributed by atoms with E-state index in [-0.39, 0.29) is 29.7 Å². The fourth-order valence-electron chi connectivity index (χ4n) is 7.51. The SMILES string of the molecule is COC(C)(C)C(C)C(=O)N1CCCC1c1ncc(-c2ccc3cc(-c4ccc5nc(C6(S)CCCN6C(=O)C(C)([Si])C(C)C)[nH]c5c4)ccc3c2)[nH]1. The number of carbonyl (C=O) groups is 2. The molecule has 4 unspecified atom stereocenters. The van der Waals surface area contributed by atoms with Gasteiger partial charge in [0.2, 0.25) is 11.8 Å². The average molecular weight is 734 g/mol. The first-order chi connectivity index (χ1) is 24.6. The second-order valence-electron chi connectivity index (χ2n) is 15.7. The van der Waals surface area contributed by atoms with Crippen molar-refractivity contribution in [3.05, 3.63) is 72.4 Å². The Morgan fingerprint density at radius 3 is 2.35 bits per heavy atom. The molecule has 7 rings (SSSR count). The molecule has 0 spiro atoms. The summed E-state index contributed by atoms with van der Waals surface area (Å²) in [6, 6.07) is 19.1. The van der Waals surface area contributed by atoms with Crippen molar-refractivity contribution in [2.24, 2.45) is 11.8 Å². The van der Waals surface area contributed by atoms with E-state index in [0.29, 0.717) is 12.4 Å². The number of nitrogens with one attached hydrogen (secondary N) is 2. The number of thiol groups is 1. The van der Waals surface area contributed by atoms with E-state index in [1.165, 1.54) is 0 Å². The highest BCUT2D eigenvalue weighted by Gasteiger charge is 2.49. The summed E-state index contributed by atoms with van der Waals surface area (Å²) < 4.78 is 5.62. The Morgan fingerprint density at radius 1 is 0.962 bits per heavy atom. The Labute approximate surface area is 315 Å². The van der Waals surface area contributed by atoms with Gasteiger partial charge in [-0.1, -0.05) is 58.0 Å². The zero-order chi connectivity index (χ0) is 37.2. The molecule has 4 heterocycles. The first-order valence-corrected chi connectivity index (χ1v) is 19.3. The Morgan fingerprint density at radius 2 is 1.63 bits per heavy atom. The van der Waals surface area contributed by atoms with E-state index in [1.807, 2.05) is 63.6 Å². The number of rotatable bonds is 9. The Kier molecular flexibility index (Phi) is 9.45. The number of amides is 2. The van der Waals surface area contributed by atoms with E-state index in [2.05, 4.69) is 68.7 Å². The van der Waals surface area contributed by atoms with Crippen LogP contribution >= 0.6 is 12.6 Å². The summed E-state index contributed by atoms with van der Waals surface area (Å²) in [6.07, 6.45) is 5.30. The van der Waals surface area contributed by atoms with Crippen molar-refractivity contribution in [3.8, 4) is 22.4 Å². The second kappa shape index (κ2) is 13.5. The molecule has 271 valence electrons. The van der Waals surface area contributed by atoms with Gasteiger partial charge in [0.25, 0.3) is 0 Å². The number of methoxy groups -OCH3 is 1. The van der Waals surface area contributed by atoms with E-state index >= 15 is 0 Å². The van der Waals surface area contributed by atoms with E-state index in [9.17, 15) is 9.59 Å². The van der Waals surface area contributed by atoms with Crippen molar-refractivity contribution in [2.75, 3.05) is 20.2 Å².